The number of ether oxygens (including phenoxy) is 1. The number of carbonyl (C=O) groups is 1. The zero-order valence-electron chi connectivity index (χ0n) is 17.7. The van der Waals surface area contributed by atoms with Gasteiger partial charge < -0.3 is 10.1 Å². The van der Waals surface area contributed by atoms with E-state index in [0.717, 1.165) is 16.7 Å². The standard InChI is InChI=1S/C22H21N5O4S/c1-14-18-12-16(13-23-21(18)27(2)25-14)24-22(28)15-8-10-17(11-9-15)32(29,30)26-19-6-4-5-7-20(19)31-3/h4-13,26H,1-3H3,(H,24,28). The van der Waals surface area contributed by atoms with Crippen LogP contribution in [0.3, 0.4) is 0 Å². The molecule has 164 valence electrons. The van der Waals surface area contributed by atoms with E-state index in [9.17, 15) is 13.2 Å². The zero-order chi connectivity index (χ0) is 22.9. The van der Waals surface area contributed by atoms with Gasteiger partial charge in [0.1, 0.15) is 5.75 Å². The van der Waals surface area contributed by atoms with Gasteiger partial charge in [0, 0.05) is 18.0 Å². The number of aromatic nitrogens is 3. The first-order valence-electron chi connectivity index (χ1n) is 9.65. The van der Waals surface area contributed by atoms with E-state index < -0.39 is 10.0 Å². The Bertz CT molecular complexity index is 1410. The van der Waals surface area contributed by atoms with Gasteiger partial charge in [-0.15, -0.1) is 0 Å². The van der Waals surface area contributed by atoms with Crippen molar-refractivity contribution in [1.29, 1.82) is 0 Å². The molecule has 0 atom stereocenters. The molecule has 1 amide bonds. The highest BCUT2D eigenvalue weighted by molar-refractivity contribution is 7.92. The van der Waals surface area contributed by atoms with Crippen molar-refractivity contribution in [3.05, 3.63) is 72.1 Å². The lowest BCUT2D eigenvalue weighted by Gasteiger charge is -2.12. The van der Waals surface area contributed by atoms with E-state index in [-0.39, 0.29) is 10.8 Å². The highest BCUT2D eigenvalue weighted by Gasteiger charge is 2.17. The molecule has 0 aliphatic carbocycles. The molecule has 2 heterocycles. The van der Waals surface area contributed by atoms with Gasteiger partial charge in [-0.05, 0) is 49.4 Å². The summed E-state index contributed by atoms with van der Waals surface area (Å²) in [6.07, 6.45) is 1.55. The van der Waals surface area contributed by atoms with Crippen molar-refractivity contribution < 1.29 is 17.9 Å². The smallest absolute Gasteiger partial charge is 0.262 e. The summed E-state index contributed by atoms with van der Waals surface area (Å²) in [4.78, 5) is 17.0. The minimum absolute atomic E-state index is 0.0222. The van der Waals surface area contributed by atoms with Crippen molar-refractivity contribution in [3.8, 4) is 5.75 Å². The first kappa shape index (κ1) is 21.3. The van der Waals surface area contributed by atoms with E-state index >= 15 is 0 Å². The number of rotatable bonds is 6. The van der Waals surface area contributed by atoms with Gasteiger partial charge in [-0.25, -0.2) is 13.4 Å². The average molecular weight is 452 g/mol. The lowest BCUT2D eigenvalue weighted by atomic mass is 10.2. The van der Waals surface area contributed by atoms with Crippen LogP contribution in [0.2, 0.25) is 0 Å². The molecule has 0 saturated carbocycles. The molecular weight excluding hydrogens is 430 g/mol. The second-order valence-corrected chi connectivity index (χ2v) is 8.77. The Kier molecular flexibility index (Phi) is 5.54. The minimum Gasteiger partial charge on any atom is -0.495 e. The van der Waals surface area contributed by atoms with Crippen LogP contribution in [0.1, 0.15) is 16.1 Å². The number of benzene rings is 2. The molecule has 0 fully saturated rings. The molecule has 0 aliphatic heterocycles. The lowest BCUT2D eigenvalue weighted by molar-refractivity contribution is 0.102. The van der Waals surface area contributed by atoms with Gasteiger partial charge in [-0.1, -0.05) is 12.1 Å². The van der Waals surface area contributed by atoms with Crippen LogP contribution in [0.4, 0.5) is 11.4 Å². The maximum absolute atomic E-state index is 12.7. The number of amides is 1. The summed E-state index contributed by atoms with van der Waals surface area (Å²) >= 11 is 0. The first-order chi connectivity index (χ1) is 15.3. The normalized spacial score (nSPS) is 11.3. The number of para-hydroxylation sites is 2. The molecule has 10 heteroatoms. The third-order valence-corrected chi connectivity index (χ3v) is 6.28. The van der Waals surface area contributed by atoms with Crippen molar-refractivity contribution in [2.45, 2.75) is 11.8 Å². The molecule has 4 aromatic rings. The summed E-state index contributed by atoms with van der Waals surface area (Å²) in [5, 5.41) is 7.93. The largest absolute Gasteiger partial charge is 0.495 e. The number of hydrogen-bond acceptors (Lipinski definition) is 6. The van der Waals surface area contributed by atoms with Gasteiger partial charge in [0.15, 0.2) is 5.65 Å². The Morgan fingerprint density at radius 3 is 2.53 bits per heavy atom. The van der Waals surface area contributed by atoms with Gasteiger partial charge in [-0.2, -0.15) is 5.10 Å². The van der Waals surface area contributed by atoms with Crippen LogP contribution < -0.4 is 14.8 Å². The molecule has 32 heavy (non-hydrogen) atoms. The molecule has 2 N–H and O–H groups in total. The summed E-state index contributed by atoms with van der Waals surface area (Å²) in [5.41, 5.74) is 2.68. The fraction of sp³-hybridized carbons (Fsp3) is 0.136. The number of sulfonamides is 1. The highest BCUT2D eigenvalue weighted by Crippen LogP contribution is 2.26. The average Bonchev–Trinajstić information content (AvgIpc) is 3.07. The van der Waals surface area contributed by atoms with Crippen molar-refractivity contribution >= 4 is 38.3 Å². The molecule has 0 bridgehead atoms. The topological polar surface area (TPSA) is 115 Å². The van der Waals surface area contributed by atoms with Gasteiger partial charge in [0.2, 0.25) is 0 Å². The Morgan fingerprint density at radius 1 is 1.09 bits per heavy atom. The predicted octanol–water partition coefficient (Wildman–Crippen LogP) is 3.34. The number of aryl methyl sites for hydroxylation is 2. The lowest BCUT2D eigenvalue weighted by Crippen LogP contribution is -2.15. The molecule has 0 unspecified atom stereocenters. The number of fused-ring (bicyclic) bond motifs is 1. The van der Waals surface area contributed by atoms with Crippen molar-refractivity contribution in [3.63, 3.8) is 0 Å². The Balaban J connectivity index is 1.51. The first-order valence-corrected chi connectivity index (χ1v) is 11.1. The van der Waals surface area contributed by atoms with Crippen molar-refractivity contribution in [2.24, 2.45) is 7.05 Å². The summed E-state index contributed by atoms with van der Waals surface area (Å²) < 4.78 is 34.8. The molecule has 2 aromatic heterocycles. The molecule has 0 saturated heterocycles. The predicted molar refractivity (Wildman–Crippen MR) is 121 cm³/mol. The SMILES string of the molecule is COc1ccccc1NS(=O)(=O)c1ccc(C(=O)Nc2cnc3c(c2)c(C)nn3C)cc1. The molecule has 0 spiro atoms. The second-order valence-electron chi connectivity index (χ2n) is 7.09. The van der Waals surface area contributed by atoms with E-state index in [4.69, 9.17) is 4.74 Å². The summed E-state index contributed by atoms with van der Waals surface area (Å²) in [6.45, 7) is 1.87. The number of anilines is 2. The van der Waals surface area contributed by atoms with Crippen molar-refractivity contribution in [1.82, 2.24) is 14.8 Å². The summed E-state index contributed by atoms with van der Waals surface area (Å²) in [7, 11) is -0.589. The van der Waals surface area contributed by atoms with E-state index in [1.54, 1.807) is 48.3 Å². The van der Waals surface area contributed by atoms with Crippen LogP contribution in [0.5, 0.6) is 5.75 Å². The minimum atomic E-state index is -3.86. The Morgan fingerprint density at radius 2 is 1.81 bits per heavy atom. The number of pyridine rings is 1. The van der Waals surface area contributed by atoms with E-state index in [1.807, 2.05) is 6.92 Å². The van der Waals surface area contributed by atoms with Gasteiger partial charge in [-0.3, -0.25) is 14.2 Å². The second kappa shape index (κ2) is 8.31. The number of nitrogens with one attached hydrogen (secondary N) is 2. The molecule has 9 nitrogen and oxygen atoms in total. The van der Waals surface area contributed by atoms with Crippen LogP contribution in [0, 0.1) is 6.92 Å². The number of nitrogens with zero attached hydrogens (tertiary/aromatic N) is 3. The maximum atomic E-state index is 12.7. The molecule has 2 aromatic carbocycles. The van der Waals surface area contributed by atoms with Gasteiger partial charge in [0.05, 0.1) is 35.3 Å². The summed E-state index contributed by atoms with van der Waals surface area (Å²) in [6, 6.07) is 14.2. The van der Waals surface area contributed by atoms with Crippen LogP contribution in [0.25, 0.3) is 11.0 Å². The quantitative estimate of drug-likeness (QED) is 0.465. The van der Waals surface area contributed by atoms with Gasteiger partial charge >= 0.3 is 0 Å². The zero-order valence-corrected chi connectivity index (χ0v) is 18.5. The fourth-order valence-electron chi connectivity index (χ4n) is 3.30. The Labute approximate surface area is 185 Å². The third kappa shape index (κ3) is 4.12. The van der Waals surface area contributed by atoms with Crippen molar-refractivity contribution in [2.75, 3.05) is 17.1 Å². The summed E-state index contributed by atoms with van der Waals surface area (Å²) in [5.74, 6) is 0.0239. The molecule has 4 rings (SSSR count). The molecular formula is C22H21N5O4S. The number of methoxy groups -OCH3 is 1. The van der Waals surface area contributed by atoms with Crippen LogP contribution >= 0.6 is 0 Å². The van der Waals surface area contributed by atoms with Crippen LogP contribution in [-0.4, -0.2) is 36.2 Å². The molecule has 0 aliphatic rings. The monoisotopic (exact) mass is 451 g/mol. The van der Waals surface area contributed by atoms with E-state index in [1.165, 1.54) is 31.4 Å². The maximum Gasteiger partial charge on any atom is 0.262 e. The van der Waals surface area contributed by atoms with E-state index in [2.05, 4.69) is 20.1 Å². The molecule has 0 radical (unpaired) electrons. The third-order valence-electron chi connectivity index (χ3n) is 4.90. The number of carbonyl (C=O) groups excluding carboxylic acids is 1. The van der Waals surface area contributed by atoms with E-state index in [0.29, 0.717) is 22.7 Å². The fourth-order valence-corrected chi connectivity index (χ4v) is 4.37. The van der Waals surface area contributed by atoms with Gasteiger partial charge in [0.25, 0.3) is 15.9 Å². The van der Waals surface area contributed by atoms with Crippen LogP contribution in [-0.2, 0) is 17.1 Å². The highest BCUT2D eigenvalue weighted by atomic mass is 32.2. The van der Waals surface area contributed by atoms with Crippen LogP contribution in [0.15, 0.2) is 65.7 Å². The number of hydrogen-bond donors (Lipinski definition) is 2. The Hall–Kier alpha value is -3.92.